The Morgan fingerprint density at radius 1 is 1.27 bits per heavy atom. The smallest absolute Gasteiger partial charge is 0.150 e. The molecule has 0 amide bonds. The van der Waals surface area contributed by atoms with E-state index in [1.54, 1.807) is 24.3 Å². The molecule has 11 heavy (non-hydrogen) atoms. The van der Waals surface area contributed by atoms with Crippen molar-refractivity contribution in [3.63, 3.8) is 0 Å². The summed E-state index contributed by atoms with van der Waals surface area (Å²) in [4.78, 5) is 10.1. The second-order valence-corrected chi connectivity index (χ2v) is 1.85. The summed E-state index contributed by atoms with van der Waals surface area (Å²) in [7, 11) is 0. The number of nitrogens with zero attached hydrogens (tertiary/aromatic N) is 1. The summed E-state index contributed by atoms with van der Waals surface area (Å²) in [5.41, 5.74) is 1.17. The third kappa shape index (κ3) is 2.23. The fourth-order valence-corrected chi connectivity index (χ4v) is 0.636. The Balaban J connectivity index is 0.000001000. The molecule has 0 aliphatic carbocycles. The average Bonchev–Trinajstić information content (AvgIpc) is 2.05. The van der Waals surface area contributed by atoms with Crippen LogP contribution < -0.4 is 0 Å². The van der Waals surface area contributed by atoms with Gasteiger partial charge in [-0.05, 0) is 12.1 Å². The molecule has 1 aromatic rings. The van der Waals surface area contributed by atoms with Crippen molar-refractivity contribution in [2.24, 2.45) is 0 Å². The van der Waals surface area contributed by atoms with Crippen LogP contribution in [0.1, 0.15) is 23.3 Å². The van der Waals surface area contributed by atoms with Gasteiger partial charge in [-0.25, -0.2) is 0 Å². The van der Waals surface area contributed by atoms with Gasteiger partial charge >= 0.3 is 0 Å². The summed E-state index contributed by atoms with van der Waals surface area (Å²) >= 11 is 0. The standard InChI is InChI=1S/C8H5NO.CH4/c9-5-7-1-3-8(6-10)4-2-7;/h1-4,6H;1H4. The van der Waals surface area contributed by atoms with E-state index >= 15 is 0 Å². The average molecular weight is 147 g/mol. The van der Waals surface area contributed by atoms with Gasteiger partial charge in [0.25, 0.3) is 0 Å². The van der Waals surface area contributed by atoms with Crippen LogP contribution in [-0.2, 0) is 0 Å². The van der Waals surface area contributed by atoms with Gasteiger partial charge in [-0.2, -0.15) is 5.26 Å². The summed E-state index contributed by atoms with van der Waals surface area (Å²) < 4.78 is 0. The second-order valence-electron chi connectivity index (χ2n) is 1.85. The molecule has 0 aromatic heterocycles. The Hall–Kier alpha value is -1.62. The lowest BCUT2D eigenvalue weighted by Gasteiger charge is -1.87. The molecule has 2 nitrogen and oxygen atoms in total. The first-order valence-corrected chi connectivity index (χ1v) is 2.82. The highest BCUT2D eigenvalue weighted by Gasteiger charge is 1.88. The van der Waals surface area contributed by atoms with Gasteiger partial charge < -0.3 is 0 Å². The lowest BCUT2D eigenvalue weighted by Crippen LogP contribution is -1.78. The van der Waals surface area contributed by atoms with Crippen LogP contribution in [0.15, 0.2) is 24.3 Å². The van der Waals surface area contributed by atoms with E-state index in [0.29, 0.717) is 11.1 Å². The summed E-state index contributed by atoms with van der Waals surface area (Å²) in [5.74, 6) is 0. The van der Waals surface area contributed by atoms with E-state index < -0.39 is 0 Å². The Bertz CT molecular complexity index is 269. The number of aldehydes is 1. The quantitative estimate of drug-likeness (QED) is 0.570. The van der Waals surface area contributed by atoms with Gasteiger partial charge in [0, 0.05) is 5.56 Å². The third-order valence-electron chi connectivity index (χ3n) is 1.18. The maximum atomic E-state index is 10.1. The minimum absolute atomic E-state index is 0. The van der Waals surface area contributed by atoms with E-state index in [1.807, 2.05) is 6.07 Å². The second kappa shape index (κ2) is 4.24. The van der Waals surface area contributed by atoms with Crippen molar-refractivity contribution < 1.29 is 4.79 Å². The highest BCUT2D eigenvalue weighted by molar-refractivity contribution is 5.74. The lowest BCUT2D eigenvalue weighted by atomic mass is 10.2. The van der Waals surface area contributed by atoms with E-state index in [0.717, 1.165) is 6.29 Å². The van der Waals surface area contributed by atoms with Crippen molar-refractivity contribution in [2.45, 2.75) is 7.43 Å². The van der Waals surface area contributed by atoms with Gasteiger partial charge in [-0.1, -0.05) is 19.6 Å². The molecule has 0 aliphatic rings. The predicted octanol–water partition coefficient (Wildman–Crippen LogP) is 2.01. The summed E-state index contributed by atoms with van der Waals surface area (Å²) in [6.07, 6.45) is 0.751. The summed E-state index contributed by atoms with van der Waals surface area (Å²) in [6, 6.07) is 8.43. The van der Waals surface area contributed by atoms with Crippen LogP contribution in [0, 0.1) is 11.3 Å². The predicted molar refractivity (Wildman–Crippen MR) is 43.3 cm³/mol. The first kappa shape index (κ1) is 9.38. The van der Waals surface area contributed by atoms with Gasteiger partial charge in [0.05, 0.1) is 11.6 Å². The maximum Gasteiger partial charge on any atom is 0.150 e. The van der Waals surface area contributed by atoms with Crippen molar-refractivity contribution in [3.05, 3.63) is 35.4 Å². The van der Waals surface area contributed by atoms with Crippen LogP contribution >= 0.6 is 0 Å². The van der Waals surface area contributed by atoms with E-state index in [4.69, 9.17) is 5.26 Å². The summed E-state index contributed by atoms with van der Waals surface area (Å²) in [6.45, 7) is 0. The molecular weight excluding hydrogens is 138 g/mol. The summed E-state index contributed by atoms with van der Waals surface area (Å²) in [5, 5.41) is 8.36. The van der Waals surface area contributed by atoms with Crippen molar-refractivity contribution in [1.82, 2.24) is 0 Å². The van der Waals surface area contributed by atoms with Gasteiger partial charge in [0.1, 0.15) is 6.29 Å². The molecular formula is C9H9NO. The zero-order valence-electron chi connectivity index (χ0n) is 5.24. The normalized spacial score (nSPS) is 7.55. The number of carbonyl (C=O) groups is 1. The first-order chi connectivity index (χ1) is 4.86. The third-order valence-corrected chi connectivity index (χ3v) is 1.18. The minimum Gasteiger partial charge on any atom is -0.298 e. The molecule has 56 valence electrons. The lowest BCUT2D eigenvalue weighted by molar-refractivity contribution is 0.112. The molecule has 0 atom stereocenters. The Morgan fingerprint density at radius 2 is 1.82 bits per heavy atom. The highest BCUT2D eigenvalue weighted by Crippen LogP contribution is 1.99. The molecule has 0 fully saturated rings. The maximum absolute atomic E-state index is 10.1. The van der Waals surface area contributed by atoms with Crippen LogP contribution in [0.4, 0.5) is 0 Å². The monoisotopic (exact) mass is 147 g/mol. The van der Waals surface area contributed by atoms with E-state index in [-0.39, 0.29) is 7.43 Å². The van der Waals surface area contributed by atoms with Gasteiger partial charge in [-0.3, -0.25) is 4.79 Å². The first-order valence-electron chi connectivity index (χ1n) is 2.82. The van der Waals surface area contributed by atoms with Gasteiger partial charge in [0.2, 0.25) is 0 Å². The van der Waals surface area contributed by atoms with E-state index in [2.05, 4.69) is 0 Å². The number of hydrogen-bond donors (Lipinski definition) is 0. The Kier molecular flexibility index (Phi) is 3.61. The molecule has 0 saturated heterocycles. The molecule has 0 aliphatic heterocycles. The molecule has 0 N–H and O–H groups in total. The topological polar surface area (TPSA) is 40.9 Å². The molecule has 0 saturated carbocycles. The number of benzene rings is 1. The van der Waals surface area contributed by atoms with Gasteiger partial charge in [-0.15, -0.1) is 0 Å². The van der Waals surface area contributed by atoms with E-state index in [9.17, 15) is 4.79 Å². The van der Waals surface area contributed by atoms with Crippen molar-refractivity contribution in [1.29, 1.82) is 5.26 Å². The van der Waals surface area contributed by atoms with Gasteiger partial charge in [0.15, 0.2) is 0 Å². The molecule has 2 heteroatoms. The largest absolute Gasteiger partial charge is 0.298 e. The Morgan fingerprint density at radius 3 is 2.18 bits per heavy atom. The Labute approximate surface area is 66.1 Å². The fourth-order valence-electron chi connectivity index (χ4n) is 0.636. The van der Waals surface area contributed by atoms with Crippen molar-refractivity contribution in [2.75, 3.05) is 0 Å². The van der Waals surface area contributed by atoms with Crippen LogP contribution in [-0.4, -0.2) is 6.29 Å². The number of nitriles is 1. The molecule has 1 aromatic carbocycles. The van der Waals surface area contributed by atoms with Crippen molar-refractivity contribution >= 4 is 6.29 Å². The minimum atomic E-state index is 0. The highest BCUT2D eigenvalue weighted by atomic mass is 16.1. The SMILES string of the molecule is C.N#Cc1ccc(C=O)cc1. The molecule has 0 unspecified atom stereocenters. The van der Waals surface area contributed by atoms with Crippen LogP contribution in [0.5, 0.6) is 0 Å². The molecule has 0 bridgehead atoms. The van der Waals surface area contributed by atoms with E-state index in [1.165, 1.54) is 0 Å². The number of carbonyl (C=O) groups excluding carboxylic acids is 1. The van der Waals surface area contributed by atoms with Crippen LogP contribution in [0.2, 0.25) is 0 Å². The zero-order valence-corrected chi connectivity index (χ0v) is 5.24. The number of hydrogen-bond acceptors (Lipinski definition) is 2. The zero-order chi connectivity index (χ0) is 7.40. The number of rotatable bonds is 1. The molecule has 0 heterocycles. The molecule has 1 rings (SSSR count). The van der Waals surface area contributed by atoms with Crippen molar-refractivity contribution in [3.8, 4) is 6.07 Å². The molecule has 0 radical (unpaired) electrons. The van der Waals surface area contributed by atoms with Crippen LogP contribution in [0.3, 0.4) is 0 Å². The van der Waals surface area contributed by atoms with Crippen LogP contribution in [0.25, 0.3) is 0 Å². The molecule has 0 spiro atoms. The fraction of sp³-hybridized carbons (Fsp3) is 0.111.